The molecule has 1 aliphatic rings. The first-order valence-electron chi connectivity index (χ1n) is 5.26. The number of aromatic carboxylic acids is 1. The minimum atomic E-state index is -0.829. The third kappa shape index (κ3) is 1.88. The lowest BCUT2D eigenvalue weighted by Crippen LogP contribution is -2.23. The molecule has 1 aliphatic carbocycles. The number of hydrogen-bond donors (Lipinski definition) is 2. The SMILES string of the molecule is NCC1CCc2cccc(C(=O)O)c2C1. The molecule has 80 valence electrons. The Kier molecular flexibility index (Phi) is 2.73. The van der Waals surface area contributed by atoms with E-state index in [-0.39, 0.29) is 0 Å². The average Bonchev–Trinajstić information content (AvgIpc) is 2.27. The van der Waals surface area contributed by atoms with Gasteiger partial charge < -0.3 is 10.8 Å². The van der Waals surface area contributed by atoms with Crippen LogP contribution in [-0.4, -0.2) is 17.6 Å². The number of rotatable bonds is 2. The average molecular weight is 205 g/mol. The zero-order valence-corrected chi connectivity index (χ0v) is 8.57. The van der Waals surface area contributed by atoms with Crippen LogP contribution in [0.15, 0.2) is 18.2 Å². The van der Waals surface area contributed by atoms with Crippen molar-refractivity contribution in [2.75, 3.05) is 6.54 Å². The highest BCUT2D eigenvalue weighted by Gasteiger charge is 2.21. The molecule has 1 aromatic rings. The smallest absolute Gasteiger partial charge is 0.335 e. The highest BCUT2D eigenvalue weighted by Crippen LogP contribution is 2.27. The highest BCUT2D eigenvalue weighted by atomic mass is 16.4. The Morgan fingerprint density at radius 3 is 3.00 bits per heavy atom. The van der Waals surface area contributed by atoms with Gasteiger partial charge in [-0.15, -0.1) is 0 Å². The molecule has 0 saturated heterocycles. The number of carboxylic acids is 1. The lowest BCUT2D eigenvalue weighted by Gasteiger charge is -2.24. The van der Waals surface area contributed by atoms with Crippen molar-refractivity contribution in [3.8, 4) is 0 Å². The molecular weight excluding hydrogens is 190 g/mol. The van der Waals surface area contributed by atoms with E-state index in [1.165, 1.54) is 5.56 Å². The summed E-state index contributed by atoms with van der Waals surface area (Å²) in [5, 5.41) is 9.07. The Hall–Kier alpha value is -1.35. The molecule has 1 aromatic carbocycles. The van der Waals surface area contributed by atoms with E-state index in [1.54, 1.807) is 6.07 Å². The quantitative estimate of drug-likeness (QED) is 0.768. The summed E-state index contributed by atoms with van der Waals surface area (Å²) < 4.78 is 0. The number of carbonyl (C=O) groups is 1. The van der Waals surface area contributed by atoms with Gasteiger partial charge in [-0.1, -0.05) is 12.1 Å². The molecule has 1 atom stereocenters. The second kappa shape index (κ2) is 4.03. The van der Waals surface area contributed by atoms with Crippen molar-refractivity contribution in [3.05, 3.63) is 34.9 Å². The normalized spacial score (nSPS) is 19.7. The predicted octanol–water partition coefficient (Wildman–Crippen LogP) is 1.45. The molecule has 0 bridgehead atoms. The topological polar surface area (TPSA) is 63.3 Å². The fraction of sp³-hybridized carbons (Fsp3) is 0.417. The minimum Gasteiger partial charge on any atom is -0.478 e. The van der Waals surface area contributed by atoms with Gasteiger partial charge in [0.1, 0.15) is 0 Å². The Bertz CT molecular complexity index is 387. The van der Waals surface area contributed by atoms with Crippen LogP contribution in [0.5, 0.6) is 0 Å². The molecule has 0 saturated carbocycles. The summed E-state index contributed by atoms with van der Waals surface area (Å²) >= 11 is 0. The summed E-state index contributed by atoms with van der Waals surface area (Å²) in [4.78, 5) is 11.0. The van der Waals surface area contributed by atoms with Crippen LogP contribution in [0, 0.1) is 5.92 Å². The van der Waals surface area contributed by atoms with E-state index in [2.05, 4.69) is 0 Å². The summed E-state index contributed by atoms with van der Waals surface area (Å²) in [6.45, 7) is 0.646. The van der Waals surface area contributed by atoms with Gasteiger partial charge in [-0.05, 0) is 48.9 Å². The molecule has 3 nitrogen and oxygen atoms in total. The first kappa shape index (κ1) is 10.2. The monoisotopic (exact) mass is 205 g/mol. The molecule has 0 heterocycles. The Labute approximate surface area is 88.9 Å². The maximum absolute atomic E-state index is 11.0. The van der Waals surface area contributed by atoms with Gasteiger partial charge >= 0.3 is 5.97 Å². The number of carboxylic acid groups (broad SMARTS) is 1. The Balaban J connectivity index is 2.40. The van der Waals surface area contributed by atoms with Crippen molar-refractivity contribution in [2.45, 2.75) is 19.3 Å². The van der Waals surface area contributed by atoms with Gasteiger partial charge in [0.15, 0.2) is 0 Å². The summed E-state index contributed by atoms with van der Waals surface area (Å²) in [5.41, 5.74) is 8.26. The van der Waals surface area contributed by atoms with Crippen molar-refractivity contribution in [3.63, 3.8) is 0 Å². The maximum atomic E-state index is 11.0. The first-order chi connectivity index (χ1) is 7.22. The van der Waals surface area contributed by atoms with Crippen LogP contribution < -0.4 is 5.73 Å². The number of benzene rings is 1. The second-order valence-electron chi connectivity index (χ2n) is 4.09. The summed E-state index contributed by atoms with van der Waals surface area (Å²) in [7, 11) is 0. The van der Waals surface area contributed by atoms with E-state index >= 15 is 0 Å². The van der Waals surface area contributed by atoms with Crippen LogP contribution in [0.4, 0.5) is 0 Å². The lowest BCUT2D eigenvalue weighted by atomic mass is 9.82. The lowest BCUT2D eigenvalue weighted by molar-refractivity contribution is 0.0695. The van der Waals surface area contributed by atoms with E-state index in [0.717, 1.165) is 24.8 Å². The van der Waals surface area contributed by atoms with E-state index in [1.807, 2.05) is 12.1 Å². The highest BCUT2D eigenvalue weighted by molar-refractivity contribution is 5.89. The van der Waals surface area contributed by atoms with Gasteiger partial charge in [0.2, 0.25) is 0 Å². The van der Waals surface area contributed by atoms with Gasteiger partial charge in [-0.2, -0.15) is 0 Å². The molecule has 0 spiro atoms. The van der Waals surface area contributed by atoms with Gasteiger partial charge in [0.05, 0.1) is 5.56 Å². The molecular formula is C12H15NO2. The first-order valence-corrected chi connectivity index (χ1v) is 5.26. The fourth-order valence-corrected chi connectivity index (χ4v) is 2.26. The van der Waals surface area contributed by atoms with Gasteiger partial charge in [-0.25, -0.2) is 4.79 Å². The molecule has 3 N–H and O–H groups in total. The predicted molar refractivity (Wildman–Crippen MR) is 58.0 cm³/mol. The van der Waals surface area contributed by atoms with Crippen molar-refractivity contribution >= 4 is 5.97 Å². The minimum absolute atomic E-state index is 0.443. The van der Waals surface area contributed by atoms with Crippen molar-refractivity contribution in [1.82, 2.24) is 0 Å². The van der Waals surface area contributed by atoms with Crippen molar-refractivity contribution < 1.29 is 9.90 Å². The number of fused-ring (bicyclic) bond motifs is 1. The van der Waals surface area contributed by atoms with E-state index in [4.69, 9.17) is 10.8 Å². The standard InChI is InChI=1S/C12H15NO2/c13-7-8-4-5-9-2-1-3-10(12(14)15)11(9)6-8/h1-3,8H,4-7,13H2,(H,14,15). The van der Waals surface area contributed by atoms with Gasteiger partial charge in [0.25, 0.3) is 0 Å². The summed E-state index contributed by atoms with van der Waals surface area (Å²) in [6, 6.07) is 5.53. The van der Waals surface area contributed by atoms with E-state index in [9.17, 15) is 4.79 Å². The molecule has 0 amide bonds. The van der Waals surface area contributed by atoms with Gasteiger partial charge in [0, 0.05) is 0 Å². The molecule has 0 radical (unpaired) electrons. The molecule has 0 aliphatic heterocycles. The van der Waals surface area contributed by atoms with Crippen LogP contribution in [-0.2, 0) is 12.8 Å². The van der Waals surface area contributed by atoms with Gasteiger partial charge in [-0.3, -0.25) is 0 Å². The molecule has 1 unspecified atom stereocenters. The largest absolute Gasteiger partial charge is 0.478 e. The number of hydrogen-bond acceptors (Lipinski definition) is 2. The maximum Gasteiger partial charge on any atom is 0.335 e. The zero-order chi connectivity index (χ0) is 10.8. The van der Waals surface area contributed by atoms with Crippen LogP contribution in [0.3, 0.4) is 0 Å². The van der Waals surface area contributed by atoms with Crippen LogP contribution in [0.2, 0.25) is 0 Å². The van der Waals surface area contributed by atoms with Crippen molar-refractivity contribution in [2.24, 2.45) is 11.7 Å². The molecule has 3 heteroatoms. The third-order valence-electron chi connectivity index (χ3n) is 3.15. The molecule has 0 aromatic heterocycles. The number of nitrogens with two attached hydrogens (primary N) is 1. The fourth-order valence-electron chi connectivity index (χ4n) is 2.26. The molecule has 2 rings (SSSR count). The van der Waals surface area contributed by atoms with Crippen LogP contribution in [0.25, 0.3) is 0 Å². The zero-order valence-electron chi connectivity index (χ0n) is 8.57. The Morgan fingerprint density at radius 2 is 2.33 bits per heavy atom. The molecule has 15 heavy (non-hydrogen) atoms. The van der Waals surface area contributed by atoms with Crippen LogP contribution >= 0.6 is 0 Å². The van der Waals surface area contributed by atoms with Crippen molar-refractivity contribution in [1.29, 1.82) is 0 Å². The van der Waals surface area contributed by atoms with Crippen LogP contribution in [0.1, 0.15) is 27.9 Å². The summed E-state index contributed by atoms with van der Waals surface area (Å²) in [6.07, 6.45) is 2.85. The number of aryl methyl sites for hydroxylation is 1. The van der Waals surface area contributed by atoms with E-state index < -0.39 is 5.97 Å². The third-order valence-corrected chi connectivity index (χ3v) is 3.15. The molecule has 0 fully saturated rings. The Morgan fingerprint density at radius 1 is 1.53 bits per heavy atom. The summed E-state index contributed by atoms with van der Waals surface area (Å²) in [5.74, 6) is -0.387. The van der Waals surface area contributed by atoms with E-state index in [0.29, 0.717) is 18.0 Å². The second-order valence-corrected chi connectivity index (χ2v) is 4.09.